The molecule has 6 rings (SSSR count). The maximum atomic E-state index is 13.2. The van der Waals surface area contributed by atoms with Gasteiger partial charge < -0.3 is 9.84 Å². The van der Waals surface area contributed by atoms with Crippen LogP contribution in [0.25, 0.3) is 5.57 Å². The largest absolute Gasteiger partial charge is 0.508 e. The Morgan fingerprint density at radius 2 is 1.72 bits per heavy atom. The number of phenols is 1. The number of aromatic hydroxyl groups is 1. The average Bonchev–Trinajstić information content (AvgIpc) is 2.81. The van der Waals surface area contributed by atoms with E-state index in [2.05, 4.69) is 6.07 Å². The van der Waals surface area contributed by atoms with E-state index < -0.39 is 17.7 Å². The van der Waals surface area contributed by atoms with Gasteiger partial charge in [-0.05, 0) is 111 Å². The zero-order chi connectivity index (χ0) is 25.5. The second-order valence-corrected chi connectivity index (χ2v) is 11.0. The van der Waals surface area contributed by atoms with Crippen molar-refractivity contribution in [1.29, 1.82) is 0 Å². The van der Waals surface area contributed by atoms with Crippen LogP contribution in [-0.2, 0) is 27.5 Å². The lowest BCUT2D eigenvalue weighted by molar-refractivity contribution is -0.138. The molecule has 192 valence electrons. The minimum absolute atomic E-state index is 0.0683. The van der Waals surface area contributed by atoms with E-state index in [9.17, 15) is 23.1 Å². The molecule has 2 aromatic rings. The Morgan fingerprint density at radius 3 is 2.33 bits per heavy atom. The average molecular weight is 499 g/mol. The first-order valence-corrected chi connectivity index (χ1v) is 13.0. The molecule has 6 heteroatoms. The topological polar surface area (TPSA) is 46.5 Å². The first-order chi connectivity index (χ1) is 17.2. The zero-order valence-electron chi connectivity index (χ0n) is 20.6. The van der Waals surface area contributed by atoms with Crippen molar-refractivity contribution in [3.05, 3.63) is 70.8 Å². The van der Waals surface area contributed by atoms with Gasteiger partial charge in [0.1, 0.15) is 5.75 Å². The molecule has 4 aliphatic carbocycles. The van der Waals surface area contributed by atoms with Crippen LogP contribution >= 0.6 is 0 Å². The predicted octanol–water partition coefficient (Wildman–Crippen LogP) is 7.46. The van der Waals surface area contributed by atoms with Gasteiger partial charge in [0.05, 0.1) is 17.7 Å². The van der Waals surface area contributed by atoms with Crippen molar-refractivity contribution in [1.82, 2.24) is 0 Å². The minimum Gasteiger partial charge on any atom is -0.508 e. The lowest BCUT2D eigenvalue weighted by Gasteiger charge is -2.57. The number of hydrogen-bond donors (Lipinski definition) is 1. The van der Waals surface area contributed by atoms with Gasteiger partial charge in [0.15, 0.2) is 0 Å². The van der Waals surface area contributed by atoms with Gasteiger partial charge >= 0.3 is 12.1 Å². The third-order valence-electron chi connectivity index (χ3n) is 8.45. The van der Waals surface area contributed by atoms with Gasteiger partial charge in [-0.3, -0.25) is 0 Å². The molecule has 0 aliphatic heterocycles. The van der Waals surface area contributed by atoms with Crippen molar-refractivity contribution in [2.75, 3.05) is 6.61 Å². The highest BCUT2D eigenvalue weighted by molar-refractivity contribution is 6.16. The van der Waals surface area contributed by atoms with E-state index in [-0.39, 0.29) is 23.2 Å². The smallest absolute Gasteiger partial charge is 0.416 e. The molecule has 4 fully saturated rings. The Kier molecular flexibility index (Phi) is 6.65. The number of halogens is 3. The van der Waals surface area contributed by atoms with Crippen LogP contribution in [0.15, 0.2) is 48.5 Å². The second kappa shape index (κ2) is 9.60. The Balaban J connectivity index is 1.37. The van der Waals surface area contributed by atoms with E-state index in [1.54, 1.807) is 19.1 Å². The van der Waals surface area contributed by atoms with E-state index in [0.717, 1.165) is 60.3 Å². The van der Waals surface area contributed by atoms with E-state index >= 15 is 0 Å². The molecule has 0 unspecified atom stereocenters. The Labute approximate surface area is 210 Å². The number of aryl methyl sites for hydroxylation is 1. The lowest BCUT2D eigenvalue weighted by Crippen LogP contribution is -2.48. The normalized spacial score (nSPS) is 27.3. The lowest BCUT2D eigenvalue weighted by atomic mass is 9.48. The summed E-state index contributed by atoms with van der Waals surface area (Å²) < 4.78 is 44.8. The van der Waals surface area contributed by atoms with Crippen LogP contribution in [0.2, 0.25) is 0 Å². The molecule has 0 heterocycles. The molecular weight excluding hydrogens is 465 g/mol. The summed E-state index contributed by atoms with van der Waals surface area (Å²) in [6.45, 7) is 1.81. The number of carbonyl (C=O) groups excluding carboxylic acids is 1. The maximum Gasteiger partial charge on any atom is 0.416 e. The molecule has 4 saturated carbocycles. The van der Waals surface area contributed by atoms with E-state index in [4.69, 9.17) is 4.74 Å². The van der Waals surface area contributed by atoms with Crippen LogP contribution < -0.4 is 0 Å². The van der Waals surface area contributed by atoms with Crippen LogP contribution in [0.5, 0.6) is 5.75 Å². The van der Waals surface area contributed by atoms with Gasteiger partial charge in [-0.1, -0.05) is 30.3 Å². The van der Waals surface area contributed by atoms with Crippen LogP contribution in [0.1, 0.15) is 74.1 Å². The van der Waals surface area contributed by atoms with Crippen LogP contribution in [0, 0.1) is 17.8 Å². The summed E-state index contributed by atoms with van der Waals surface area (Å²) in [7, 11) is 0. The van der Waals surface area contributed by atoms with E-state index in [0.29, 0.717) is 18.6 Å². The fraction of sp³-hybridized carbons (Fsp3) is 0.500. The Bertz CT molecular complexity index is 1130. The first-order valence-electron chi connectivity index (χ1n) is 13.0. The molecule has 4 aliphatic rings. The van der Waals surface area contributed by atoms with Crippen molar-refractivity contribution in [3.63, 3.8) is 0 Å². The number of alkyl halides is 3. The molecule has 0 spiro atoms. The van der Waals surface area contributed by atoms with Crippen molar-refractivity contribution in [2.24, 2.45) is 17.8 Å². The summed E-state index contributed by atoms with van der Waals surface area (Å²) in [6, 6.07) is 10.6. The molecule has 0 amide bonds. The Morgan fingerprint density at radius 1 is 1.06 bits per heavy atom. The molecule has 1 N–H and O–H groups in total. The SMILES string of the molecule is CCOC(=O)C(=CCCc1ccc(O)c(C23CC4CC(CC(C4)C2)C3)c1)c1cccc(C(F)(F)F)c1. The molecule has 4 bridgehead atoms. The van der Waals surface area contributed by atoms with Crippen LogP contribution in [0.4, 0.5) is 13.2 Å². The van der Waals surface area contributed by atoms with Gasteiger partial charge in [0, 0.05) is 5.56 Å². The number of esters is 1. The number of phenolic OH excluding ortho intramolecular Hbond substituents is 1. The molecule has 0 atom stereocenters. The molecule has 2 aromatic carbocycles. The summed E-state index contributed by atoms with van der Waals surface area (Å²) in [5.41, 5.74) is 1.73. The zero-order valence-corrected chi connectivity index (χ0v) is 20.6. The monoisotopic (exact) mass is 498 g/mol. The maximum absolute atomic E-state index is 13.2. The quantitative estimate of drug-likeness (QED) is 0.318. The van der Waals surface area contributed by atoms with Crippen molar-refractivity contribution in [3.8, 4) is 5.75 Å². The summed E-state index contributed by atoms with van der Waals surface area (Å²) >= 11 is 0. The fourth-order valence-corrected chi connectivity index (χ4v) is 7.38. The highest BCUT2D eigenvalue weighted by atomic mass is 19.4. The molecule has 0 aromatic heterocycles. The molecule has 0 saturated heterocycles. The number of hydrogen-bond acceptors (Lipinski definition) is 3. The number of carbonyl (C=O) groups is 1. The predicted molar refractivity (Wildman–Crippen MR) is 132 cm³/mol. The third kappa shape index (κ3) is 4.91. The standard InChI is InChI=1S/C30H33F3O3/c1-2-36-28(35)25(23-6-4-7-24(15-23)30(31,32)33)8-3-5-19-9-10-27(34)26(14-19)29-16-20-11-21(17-29)13-22(12-20)18-29/h4,6-10,14-15,20-22,34H,2-3,5,11-13,16-18H2,1H3. The van der Waals surface area contributed by atoms with Gasteiger partial charge in [-0.15, -0.1) is 0 Å². The van der Waals surface area contributed by atoms with Crippen molar-refractivity contribution < 1.29 is 27.8 Å². The number of rotatable bonds is 7. The summed E-state index contributed by atoms with van der Waals surface area (Å²) in [4.78, 5) is 12.6. The number of benzene rings is 2. The van der Waals surface area contributed by atoms with Crippen LogP contribution in [0.3, 0.4) is 0 Å². The molecule has 36 heavy (non-hydrogen) atoms. The van der Waals surface area contributed by atoms with Gasteiger partial charge in [0.2, 0.25) is 0 Å². The minimum atomic E-state index is -4.49. The molecule has 3 nitrogen and oxygen atoms in total. The van der Waals surface area contributed by atoms with Crippen LogP contribution in [-0.4, -0.2) is 17.7 Å². The second-order valence-electron chi connectivity index (χ2n) is 11.0. The molecular formula is C30H33F3O3. The van der Waals surface area contributed by atoms with Gasteiger partial charge in [-0.25, -0.2) is 4.79 Å². The third-order valence-corrected chi connectivity index (χ3v) is 8.45. The first kappa shape index (κ1) is 24.9. The Hall–Kier alpha value is -2.76. The highest BCUT2D eigenvalue weighted by Crippen LogP contribution is 2.61. The summed E-state index contributed by atoms with van der Waals surface area (Å²) in [6.07, 6.45) is 5.70. The number of allylic oxidation sites excluding steroid dienone is 1. The summed E-state index contributed by atoms with van der Waals surface area (Å²) in [5, 5.41) is 10.8. The fourth-order valence-electron chi connectivity index (χ4n) is 7.38. The van der Waals surface area contributed by atoms with Crippen molar-refractivity contribution >= 4 is 11.5 Å². The summed E-state index contributed by atoms with van der Waals surface area (Å²) in [5.74, 6) is 2.04. The number of ether oxygens (including phenoxy) is 1. The van der Waals surface area contributed by atoms with Gasteiger partial charge in [0.25, 0.3) is 0 Å². The van der Waals surface area contributed by atoms with E-state index in [1.165, 1.54) is 31.4 Å². The van der Waals surface area contributed by atoms with E-state index in [1.807, 2.05) is 6.07 Å². The molecule has 0 radical (unpaired) electrons. The highest BCUT2D eigenvalue weighted by Gasteiger charge is 2.52. The van der Waals surface area contributed by atoms with Gasteiger partial charge in [-0.2, -0.15) is 13.2 Å². The van der Waals surface area contributed by atoms with Crippen molar-refractivity contribution in [2.45, 2.75) is 69.9 Å².